The van der Waals surface area contributed by atoms with E-state index in [1.54, 1.807) is 19.4 Å². The van der Waals surface area contributed by atoms with Crippen molar-refractivity contribution in [3.63, 3.8) is 0 Å². The summed E-state index contributed by atoms with van der Waals surface area (Å²) < 4.78 is 17.3. The molecular weight excluding hydrogens is 438 g/mol. The molecule has 0 atom stereocenters. The predicted molar refractivity (Wildman–Crippen MR) is 142 cm³/mol. The van der Waals surface area contributed by atoms with Gasteiger partial charge >= 0.3 is 0 Å². The van der Waals surface area contributed by atoms with Gasteiger partial charge in [-0.3, -0.25) is 4.79 Å². The highest BCUT2D eigenvalue weighted by molar-refractivity contribution is 6.06. The number of benzene rings is 3. The van der Waals surface area contributed by atoms with E-state index in [4.69, 9.17) is 13.9 Å². The molecule has 0 saturated carbocycles. The first-order valence-electron chi connectivity index (χ1n) is 11.9. The number of carbonyl (C=O) groups is 1. The fourth-order valence-corrected chi connectivity index (χ4v) is 4.39. The summed E-state index contributed by atoms with van der Waals surface area (Å²) in [6, 6.07) is 17.8. The Morgan fingerprint density at radius 2 is 1.83 bits per heavy atom. The number of allylic oxidation sites excluding steroid dienone is 1. The Kier molecular flexibility index (Phi) is 7.25. The number of rotatable bonds is 8. The maximum Gasteiger partial charge on any atom is 0.248 e. The summed E-state index contributed by atoms with van der Waals surface area (Å²) in [4.78, 5) is 12.9. The number of hydrogen-bond donors (Lipinski definition) is 1. The lowest BCUT2D eigenvalue weighted by molar-refractivity contribution is -0.111. The van der Waals surface area contributed by atoms with Crippen LogP contribution in [-0.4, -0.2) is 19.6 Å². The van der Waals surface area contributed by atoms with Gasteiger partial charge in [0, 0.05) is 33.8 Å². The number of anilines is 1. The third-order valence-electron chi connectivity index (χ3n) is 6.15. The highest BCUT2D eigenvalue weighted by atomic mass is 16.5. The van der Waals surface area contributed by atoms with Crippen LogP contribution in [0.1, 0.15) is 37.5 Å². The molecule has 3 aromatic carbocycles. The molecule has 1 aromatic heterocycles. The van der Waals surface area contributed by atoms with Gasteiger partial charge in [-0.05, 0) is 68.2 Å². The molecular formula is C30H31NO4. The van der Waals surface area contributed by atoms with Gasteiger partial charge in [0.1, 0.15) is 17.1 Å². The van der Waals surface area contributed by atoms with Gasteiger partial charge in [-0.15, -0.1) is 0 Å². The lowest BCUT2D eigenvalue weighted by Crippen LogP contribution is -2.10. The summed E-state index contributed by atoms with van der Waals surface area (Å²) in [7, 11) is 1.64. The Morgan fingerprint density at radius 3 is 2.51 bits per heavy atom. The first kappa shape index (κ1) is 24.1. The maximum atomic E-state index is 12.9. The van der Waals surface area contributed by atoms with Gasteiger partial charge in [-0.25, -0.2) is 0 Å². The Bertz CT molecular complexity index is 1380. The number of nitrogens with one attached hydrogen (secondary N) is 1. The summed E-state index contributed by atoms with van der Waals surface area (Å²) in [6.45, 7) is 8.56. The SMILES string of the molecule is CCOc1ccc(-c2coc3c(C)c(OC)c(/C(C)=C/C(=O)Nc4ccccc4CC)cc23)cc1. The van der Waals surface area contributed by atoms with Crippen LogP contribution in [0.15, 0.2) is 71.4 Å². The van der Waals surface area contributed by atoms with Gasteiger partial charge in [0.15, 0.2) is 0 Å². The van der Waals surface area contributed by atoms with Crippen LogP contribution in [0.4, 0.5) is 5.69 Å². The maximum absolute atomic E-state index is 12.9. The van der Waals surface area contributed by atoms with Crippen LogP contribution in [0.3, 0.4) is 0 Å². The third kappa shape index (κ3) is 4.94. The number of ether oxygens (including phenoxy) is 2. The fourth-order valence-electron chi connectivity index (χ4n) is 4.39. The quantitative estimate of drug-likeness (QED) is 0.273. The number of amides is 1. The van der Waals surface area contributed by atoms with E-state index >= 15 is 0 Å². The van der Waals surface area contributed by atoms with Crippen LogP contribution in [0.2, 0.25) is 0 Å². The molecule has 0 aliphatic heterocycles. The smallest absolute Gasteiger partial charge is 0.248 e. The van der Waals surface area contributed by atoms with Crippen LogP contribution in [0, 0.1) is 6.92 Å². The first-order valence-corrected chi connectivity index (χ1v) is 11.9. The van der Waals surface area contributed by atoms with Crippen molar-refractivity contribution in [3.8, 4) is 22.6 Å². The minimum atomic E-state index is -0.179. The zero-order valence-electron chi connectivity index (χ0n) is 20.9. The van der Waals surface area contributed by atoms with Gasteiger partial charge in [0.25, 0.3) is 0 Å². The molecule has 180 valence electrons. The molecule has 0 fully saturated rings. The number of furan rings is 1. The molecule has 35 heavy (non-hydrogen) atoms. The summed E-state index contributed by atoms with van der Waals surface area (Å²) in [5.74, 6) is 1.35. The van der Waals surface area contributed by atoms with Crippen molar-refractivity contribution in [1.82, 2.24) is 0 Å². The lowest BCUT2D eigenvalue weighted by Gasteiger charge is -2.14. The number of fused-ring (bicyclic) bond motifs is 1. The van der Waals surface area contributed by atoms with Crippen molar-refractivity contribution in [3.05, 3.63) is 83.6 Å². The molecule has 1 N–H and O–H groups in total. The van der Waals surface area contributed by atoms with E-state index in [0.717, 1.165) is 62.2 Å². The topological polar surface area (TPSA) is 60.7 Å². The van der Waals surface area contributed by atoms with Crippen LogP contribution in [0.5, 0.6) is 11.5 Å². The van der Waals surface area contributed by atoms with Crippen LogP contribution >= 0.6 is 0 Å². The molecule has 1 amide bonds. The average molecular weight is 470 g/mol. The summed E-state index contributed by atoms with van der Waals surface area (Å²) in [6.07, 6.45) is 4.23. The zero-order chi connectivity index (χ0) is 24.9. The van der Waals surface area contributed by atoms with E-state index in [0.29, 0.717) is 12.4 Å². The second-order valence-corrected chi connectivity index (χ2v) is 8.39. The second-order valence-electron chi connectivity index (χ2n) is 8.39. The molecule has 4 aromatic rings. The molecule has 0 spiro atoms. The molecule has 0 unspecified atom stereocenters. The Morgan fingerprint density at radius 1 is 1.09 bits per heavy atom. The summed E-state index contributed by atoms with van der Waals surface area (Å²) in [5, 5.41) is 3.98. The van der Waals surface area contributed by atoms with Crippen LogP contribution in [0.25, 0.3) is 27.7 Å². The van der Waals surface area contributed by atoms with Gasteiger partial charge in [-0.2, -0.15) is 0 Å². The van der Waals surface area contributed by atoms with Crippen LogP contribution < -0.4 is 14.8 Å². The number of hydrogen-bond acceptors (Lipinski definition) is 4. The molecule has 0 saturated heterocycles. The van der Waals surface area contributed by atoms with Crippen molar-refractivity contribution in [1.29, 1.82) is 0 Å². The standard InChI is InChI=1S/C30H31NO4/c1-6-21-10-8-9-11-27(21)31-28(32)16-19(3)24-17-25-26(18-35-30(25)20(4)29(24)33-5)22-12-14-23(15-13-22)34-7-2/h8-18H,6-7H2,1-5H3,(H,31,32)/b19-16+. The molecule has 0 radical (unpaired) electrons. The molecule has 0 aliphatic rings. The van der Waals surface area contributed by atoms with Gasteiger partial charge in [-0.1, -0.05) is 37.3 Å². The number of methoxy groups -OCH3 is 1. The Hall–Kier alpha value is -3.99. The van der Waals surface area contributed by atoms with E-state index in [-0.39, 0.29) is 5.91 Å². The van der Waals surface area contributed by atoms with E-state index < -0.39 is 0 Å². The largest absolute Gasteiger partial charge is 0.496 e. The number of carbonyl (C=O) groups excluding carboxylic acids is 1. The van der Waals surface area contributed by atoms with E-state index in [9.17, 15) is 4.79 Å². The molecule has 5 nitrogen and oxygen atoms in total. The second kappa shape index (κ2) is 10.5. The van der Waals surface area contributed by atoms with Gasteiger partial charge < -0.3 is 19.2 Å². The summed E-state index contributed by atoms with van der Waals surface area (Å²) in [5.41, 5.74) is 7.24. The molecule has 0 aliphatic carbocycles. The van der Waals surface area contributed by atoms with Crippen LogP contribution in [-0.2, 0) is 11.2 Å². The monoisotopic (exact) mass is 469 g/mol. The first-order chi connectivity index (χ1) is 17.0. The fraction of sp³-hybridized carbons (Fsp3) is 0.233. The number of aryl methyl sites for hydroxylation is 2. The minimum Gasteiger partial charge on any atom is -0.496 e. The Labute approximate surface area is 206 Å². The molecule has 0 bridgehead atoms. The van der Waals surface area contributed by atoms with Gasteiger partial charge in [0.05, 0.1) is 20.0 Å². The van der Waals surface area contributed by atoms with Crippen molar-refractivity contribution < 1.29 is 18.7 Å². The molecule has 1 heterocycles. The molecule has 4 rings (SSSR count). The van der Waals surface area contributed by atoms with Crippen molar-refractivity contribution >= 4 is 28.1 Å². The third-order valence-corrected chi connectivity index (χ3v) is 6.15. The summed E-state index contributed by atoms with van der Waals surface area (Å²) >= 11 is 0. The van der Waals surface area contributed by atoms with Crippen molar-refractivity contribution in [2.45, 2.75) is 34.1 Å². The van der Waals surface area contributed by atoms with E-state index in [1.807, 2.05) is 75.4 Å². The zero-order valence-corrected chi connectivity index (χ0v) is 20.9. The Balaban J connectivity index is 1.73. The molecule has 5 heteroatoms. The highest BCUT2D eigenvalue weighted by Crippen LogP contribution is 2.40. The van der Waals surface area contributed by atoms with Gasteiger partial charge in [0.2, 0.25) is 5.91 Å². The lowest BCUT2D eigenvalue weighted by atomic mass is 9.96. The average Bonchev–Trinajstić information content (AvgIpc) is 3.29. The predicted octanol–water partition coefficient (Wildman–Crippen LogP) is 7.42. The normalized spacial score (nSPS) is 11.5. The minimum absolute atomic E-state index is 0.179. The van der Waals surface area contributed by atoms with E-state index in [1.165, 1.54) is 0 Å². The van der Waals surface area contributed by atoms with Crippen molar-refractivity contribution in [2.24, 2.45) is 0 Å². The van der Waals surface area contributed by atoms with Crippen molar-refractivity contribution in [2.75, 3.05) is 19.0 Å². The number of para-hydroxylation sites is 1. The van der Waals surface area contributed by atoms with E-state index in [2.05, 4.69) is 12.2 Å². The highest BCUT2D eigenvalue weighted by Gasteiger charge is 2.19.